The smallest absolute Gasteiger partial charge is 0.128 e. The van der Waals surface area contributed by atoms with Crippen molar-refractivity contribution in [2.24, 2.45) is 5.92 Å². The molecule has 116 valence electrons. The van der Waals surface area contributed by atoms with Gasteiger partial charge in [0.2, 0.25) is 0 Å². The van der Waals surface area contributed by atoms with Crippen molar-refractivity contribution in [3.8, 4) is 0 Å². The Labute approximate surface area is 130 Å². The van der Waals surface area contributed by atoms with Crippen molar-refractivity contribution >= 4 is 11.6 Å². The van der Waals surface area contributed by atoms with Gasteiger partial charge in [0.05, 0.1) is 0 Å². The molecule has 2 heterocycles. The quantitative estimate of drug-likeness (QED) is 0.929. The van der Waals surface area contributed by atoms with E-state index in [1.54, 1.807) is 12.1 Å². The highest BCUT2D eigenvalue weighted by Gasteiger charge is 2.33. The van der Waals surface area contributed by atoms with Gasteiger partial charge in [-0.1, -0.05) is 11.6 Å². The minimum absolute atomic E-state index is 0.106. The molecule has 2 aliphatic rings. The summed E-state index contributed by atoms with van der Waals surface area (Å²) in [5.41, 5.74) is 0.747. The summed E-state index contributed by atoms with van der Waals surface area (Å²) >= 11 is 6.12. The van der Waals surface area contributed by atoms with Gasteiger partial charge in [-0.25, -0.2) is 4.39 Å². The van der Waals surface area contributed by atoms with Crippen molar-refractivity contribution in [2.75, 3.05) is 39.4 Å². The van der Waals surface area contributed by atoms with Gasteiger partial charge in [0.25, 0.3) is 0 Å². The lowest BCUT2D eigenvalue weighted by atomic mass is 9.85. The van der Waals surface area contributed by atoms with E-state index in [1.807, 2.05) is 0 Å². The van der Waals surface area contributed by atoms with Crippen LogP contribution in [0.15, 0.2) is 18.2 Å². The number of ether oxygens (including phenoxy) is 1. The third-order valence-corrected chi connectivity index (χ3v) is 4.77. The molecule has 0 radical (unpaired) electrons. The van der Waals surface area contributed by atoms with Crippen molar-refractivity contribution in [2.45, 2.75) is 18.9 Å². The highest BCUT2D eigenvalue weighted by atomic mass is 35.5. The van der Waals surface area contributed by atoms with Crippen LogP contribution in [0.1, 0.15) is 24.4 Å². The summed E-state index contributed by atoms with van der Waals surface area (Å²) in [6, 6.07) is 5.03. The van der Waals surface area contributed by atoms with E-state index < -0.39 is 0 Å². The third-order valence-electron chi connectivity index (χ3n) is 4.53. The van der Waals surface area contributed by atoms with E-state index in [0.717, 1.165) is 57.8 Å². The van der Waals surface area contributed by atoms with Gasteiger partial charge >= 0.3 is 0 Å². The largest absolute Gasteiger partial charge is 0.381 e. The Balaban J connectivity index is 1.91. The first-order valence-corrected chi connectivity index (χ1v) is 8.11. The Kier molecular flexibility index (Phi) is 5.11. The minimum atomic E-state index is -0.144. The molecule has 0 saturated carbocycles. The summed E-state index contributed by atoms with van der Waals surface area (Å²) in [6.45, 7) is 5.37. The van der Waals surface area contributed by atoms with Gasteiger partial charge in [-0.2, -0.15) is 0 Å². The number of nitrogens with zero attached hydrogens (tertiary/aromatic N) is 1. The van der Waals surface area contributed by atoms with Crippen LogP contribution < -0.4 is 5.32 Å². The zero-order valence-corrected chi connectivity index (χ0v) is 12.9. The summed E-state index contributed by atoms with van der Waals surface area (Å²) in [4.78, 5) is 2.40. The van der Waals surface area contributed by atoms with Gasteiger partial charge in [-0.15, -0.1) is 0 Å². The second-order valence-corrected chi connectivity index (χ2v) is 6.28. The molecule has 0 bridgehead atoms. The molecule has 0 amide bonds. The molecule has 0 spiro atoms. The lowest BCUT2D eigenvalue weighted by molar-refractivity contribution is 0.0203. The molecule has 0 unspecified atom stereocenters. The summed E-state index contributed by atoms with van der Waals surface area (Å²) in [6.07, 6.45) is 1.97. The van der Waals surface area contributed by atoms with E-state index in [0.29, 0.717) is 10.9 Å². The standard InChI is InChI=1S/C16H22ClFN2O/c17-13-1-2-15(18)14(11-13)16(12-3-9-21-10-4-12)20-7-5-19-6-8-20/h1-2,11-12,16,19H,3-10H2/t16-/m1/s1. The molecule has 1 aromatic carbocycles. The molecule has 3 nitrogen and oxygen atoms in total. The molecule has 0 aromatic heterocycles. The zero-order valence-electron chi connectivity index (χ0n) is 12.2. The van der Waals surface area contributed by atoms with Crippen LogP contribution in [0.2, 0.25) is 5.02 Å². The van der Waals surface area contributed by atoms with Crippen molar-refractivity contribution in [1.29, 1.82) is 0 Å². The first kappa shape index (κ1) is 15.2. The fraction of sp³-hybridized carbons (Fsp3) is 0.625. The third kappa shape index (κ3) is 3.57. The van der Waals surface area contributed by atoms with Gasteiger partial charge in [0, 0.05) is 56.0 Å². The van der Waals surface area contributed by atoms with Crippen LogP contribution in [0.5, 0.6) is 0 Å². The van der Waals surface area contributed by atoms with Crippen LogP contribution >= 0.6 is 11.6 Å². The molecule has 1 aromatic rings. The average Bonchev–Trinajstić information content (AvgIpc) is 2.53. The van der Waals surface area contributed by atoms with Gasteiger partial charge in [0.15, 0.2) is 0 Å². The normalized spacial score (nSPS) is 23.1. The molecular weight excluding hydrogens is 291 g/mol. The SMILES string of the molecule is Fc1ccc(Cl)cc1[C@@H](C1CCOCC1)N1CCNCC1. The molecule has 3 rings (SSSR count). The van der Waals surface area contributed by atoms with E-state index in [9.17, 15) is 4.39 Å². The summed E-state index contributed by atoms with van der Waals surface area (Å²) in [7, 11) is 0. The van der Waals surface area contributed by atoms with Crippen molar-refractivity contribution in [1.82, 2.24) is 10.2 Å². The van der Waals surface area contributed by atoms with Crippen molar-refractivity contribution in [3.63, 3.8) is 0 Å². The number of nitrogens with one attached hydrogen (secondary N) is 1. The number of benzene rings is 1. The van der Waals surface area contributed by atoms with Crippen LogP contribution in [-0.4, -0.2) is 44.3 Å². The minimum Gasteiger partial charge on any atom is -0.381 e. The monoisotopic (exact) mass is 312 g/mol. The topological polar surface area (TPSA) is 24.5 Å². The zero-order chi connectivity index (χ0) is 14.7. The number of rotatable bonds is 3. The number of hydrogen-bond acceptors (Lipinski definition) is 3. The number of hydrogen-bond donors (Lipinski definition) is 1. The lowest BCUT2D eigenvalue weighted by Crippen LogP contribution is -2.47. The summed E-state index contributed by atoms with van der Waals surface area (Å²) < 4.78 is 19.9. The van der Waals surface area contributed by atoms with Gasteiger partial charge in [0.1, 0.15) is 5.82 Å². The van der Waals surface area contributed by atoms with Crippen LogP contribution in [-0.2, 0) is 4.74 Å². The van der Waals surface area contributed by atoms with Crippen LogP contribution in [0.25, 0.3) is 0 Å². The Morgan fingerprint density at radius 3 is 2.67 bits per heavy atom. The molecule has 2 saturated heterocycles. The maximum Gasteiger partial charge on any atom is 0.128 e. The van der Waals surface area contributed by atoms with Crippen LogP contribution in [0.4, 0.5) is 4.39 Å². The summed E-state index contributed by atoms with van der Waals surface area (Å²) in [5.74, 6) is 0.291. The maximum atomic E-state index is 14.4. The van der Waals surface area contributed by atoms with Gasteiger partial charge < -0.3 is 10.1 Å². The Morgan fingerprint density at radius 2 is 1.95 bits per heavy atom. The van der Waals surface area contributed by atoms with Gasteiger partial charge in [-0.3, -0.25) is 4.90 Å². The summed E-state index contributed by atoms with van der Waals surface area (Å²) in [5, 5.41) is 3.97. The molecule has 2 aliphatic heterocycles. The second-order valence-electron chi connectivity index (χ2n) is 5.85. The molecule has 1 atom stereocenters. The molecule has 21 heavy (non-hydrogen) atoms. The Morgan fingerprint density at radius 1 is 1.24 bits per heavy atom. The fourth-order valence-electron chi connectivity index (χ4n) is 3.48. The van der Waals surface area contributed by atoms with Crippen LogP contribution in [0, 0.1) is 11.7 Å². The van der Waals surface area contributed by atoms with E-state index >= 15 is 0 Å². The van der Waals surface area contributed by atoms with Crippen molar-refractivity contribution in [3.05, 3.63) is 34.6 Å². The Bertz CT molecular complexity index is 455. The lowest BCUT2D eigenvalue weighted by Gasteiger charge is -2.41. The highest BCUT2D eigenvalue weighted by molar-refractivity contribution is 6.30. The predicted octanol–water partition coefficient (Wildman–Crippen LogP) is 2.85. The first-order valence-electron chi connectivity index (χ1n) is 7.73. The van der Waals surface area contributed by atoms with Crippen molar-refractivity contribution < 1.29 is 9.13 Å². The molecule has 1 N–H and O–H groups in total. The fourth-order valence-corrected chi connectivity index (χ4v) is 3.66. The predicted molar refractivity (Wildman–Crippen MR) is 82.1 cm³/mol. The molecule has 2 fully saturated rings. The van der Waals surface area contributed by atoms with E-state index in [1.165, 1.54) is 6.07 Å². The molecule has 0 aliphatic carbocycles. The molecule has 5 heteroatoms. The number of piperazine rings is 1. The Hall–Kier alpha value is -0.680. The maximum absolute atomic E-state index is 14.4. The van der Waals surface area contributed by atoms with E-state index in [-0.39, 0.29) is 11.9 Å². The first-order chi connectivity index (χ1) is 10.3. The van der Waals surface area contributed by atoms with Gasteiger partial charge in [-0.05, 0) is 37.0 Å². The van der Waals surface area contributed by atoms with Crippen LogP contribution in [0.3, 0.4) is 0 Å². The molecular formula is C16H22ClFN2O. The highest BCUT2D eigenvalue weighted by Crippen LogP contribution is 2.37. The number of halogens is 2. The second kappa shape index (κ2) is 7.05. The average molecular weight is 313 g/mol. The van der Waals surface area contributed by atoms with E-state index in [4.69, 9.17) is 16.3 Å². The van der Waals surface area contributed by atoms with E-state index in [2.05, 4.69) is 10.2 Å².